The third-order valence-corrected chi connectivity index (χ3v) is 2.68. The molecule has 4 N–H and O–H groups in total. The van der Waals surface area contributed by atoms with Crippen LogP contribution in [0.3, 0.4) is 0 Å². The van der Waals surface area contributed by atoms with E-state index in [0.29, 0.717) is 11.5 Å². The fraction of sp³-hybridized carbons (Fsp3) is 0.500. The molecule has 0 aliphatic carbocycles. The minimum atomic E-state index is -0.146. The number of phenols is 1. The zero-order chi connectivity index (χ0) is 14.5. The van der Waals surface area contributed by atoms with Crippen LogP contribution in [-0.2, 0) is 6.42 Å². The summed E-state index contributed by atoms with van der Waals surface area (Å²) in [4.78, 5) is 0. The van der Waals surface area contributed by atoms with Gasteiger partial charge < -0.3 is 20.8 Å². The van der Waals surface area contributed by atoms with E-state index in [4.69, 9.17) is 12.2 Å². The molecule has 0 saturated heterocycles. The summed E-state index contributed by atoms with van der Waals surface area (Å²) < 4.78 is 0. The number of hydrogen-bond acceptors (Lipinski definition) is 3. The molecule has 5 heteroatoms. The maximum Gasteiger partial charge on any atom is 0.167 e. The highest BCUT2D eigenvalue weighted by molar-refractivity contribution is 7.80. The molecule has 0 amide bonds. The second-order valence-electron chi connectivity index (χ2n) is 5.60. The molecule has 0 spiro atoms. The topological polar surface area (TPSA) is 64.5 Å². The van der Waals surface area contributed by atoms with Crippen LogP contribution in [0.5, 0.6) is 5.75 Å². The van der Waals surface area contributed by atoms with Gasteiger partial charge in [-0.15, -0.1) is 0 Å². The van der Waals surface area contributed by atoms with E-state index < -0.39 is 0 Å². The molecule has 4 nitrogen and oxygen atoms in total. The molecule has 0 heterocycles. The van der Waals surface area contributed by atoms with Crippen molar-refractivity contribution in [2.45, 2.75) is 38.8 Å². The maximum absolute atomic E-state index is 9.39. The number of aliphatic hydroxyl groups is 1. The lowest BCUT2D eigenvalue weighted by Crippen LogP contribution is -2.50. The summed E-state index contributed by atoms with van der Waals surface area (Å²) in [7, 11) is 0. The molecule has 0 radical (unpaired) electrons. The van der Waals surface area contributed by atoms with Gasteiger partial charge in [0.05, 0.1) is 12.6 Å². The monoisotopic (exact) mass is 282 g/mol. The predicted octanol–water partition coefficient (Wildman–Crippen LogP) is 1.56. The van der Waals surface area contributed by atoms with Crippen LogP contribution < -0.4 is 10.6 Å². The van der Waals surface area contributed by atoms with Crippen molar-refractivity contribution in [3.8, 4) is 5.75 Å². The molecule has 0 aliphatic rings. The second-order valence-corrected chi connectivity index (χ2v) is 6.01. The Labute approximate surface area is 119 Å². The first-order valence-electron chi connectivity index (χ1n) is 6.27. The van der Waals surface area contributed by atoms with Gasteiger partial charge in [-0.05, 0) is 57.1 Å². The van der Waals surface area contributed by atoms with Gasteiger partial charge in [0.2, 0.25) is 0 Å². The Balaban J connectivity index is 2.54. The van der Waals surface area contributed by atoms with Crippen molar-refractivity contribution in [3.05, 3.63) is 29.8 Å². The van der Waals surface area contributed by atoms with E-state index in [0.717, 1.165) is 5.56 Å². The van der Waals surface area contributed by atoms with Gasteiger partial charge in [0, 0.05) is 5.54 Å². The highest BCUT2D eigenvalue weighted by atomic mass is 32.1. The number of aliphatic hydroxyl groups excluding tert-OH is 1. The van der Waals surface area contributed by atoms with E-state index in [-0.39, 0.29) is 23.9 Å². The van der Waals surface area contributed by atoms with Crippen molar-refractivity contribution in [1.82, 2.24) is 10.6 Å². The average molecular weight is 282 g/mol. The molecule has 0 aromatic heterocycles. The molecule has 0 bridgehead atoms. The van der Waals surface area contributed by atoms with E-state index in [1.807, 2.05) is 32.9 Å². The van der Waals surface area contributed by atoms with Crippen LogP contribution in [0.1, 0.15) is 26.3 Å². The zero-order valence-corrected chi connectivity index (χ0v) is 12.4. The van der Waals surface area contributed by atoms with Crippen LogP contribution >= 0.6 is 12.2 Å². The number of phenolic OH excluding ortho intramolecular Hbond substituents is 1. The Morgan fingerprint density at radius 1 is 1.26 bits per heavy atom. The van der Waals surface area contributed by atoms with Crippen LogP contribution in [0.4, 0.5) is 0 Å². The van der Waals surface area contributed by atoms with Crippen molar-refractivity contribution < 1.29 is 10.2 Å². The fourth-order valence-electron chi connectivity index (χ4n) is 1.64. The lowest BCUT2D eigenvalue weighted by atomic mass is 10.1. The Morgan fingerprint density at radius 2 is 1.84 bits per heavy atom. The van der Waals surface area contributed by atoms with Crippen molar-refractivity contribution in [1.29, 1.82) is 0 Å². The van der Waals surface area contributed by atoms with Gasteiger partial charge in [0.25, 0.3) is 0 Å². The minimum Gasteiger partial charge on any atom is -0.508 e. The average Bonchev–Trinajstić information content (AvgIpc) is 2.28. The number of rotatable bonds is 4. The fourth-order valence-corrected chi connectivity index (χ4v) is 2.11. The van der Waals surface area contributed by atoms with Crippen molar-refractivity contribution in [2.24, 2.45) is 0 Å². The Hall–Kier alpha value is -1.33. The summed E-state index contributed by atoms with van der Waals surface area (Å²) in [5, 5.41) is 25.4. The van der Waals surface area contributed by atoms with Crippen LogP contribution in [0.15, 0.2) is 24.3 Å². The summed E-state index contributed by atoms with van der Waals surface area (Å²) in [6.07, 6.45) is 0.642. The summed E-state index contributed by atoms with van der Waals surface area (Å²) in [5.41, 5.74) is 0.922. The van der Waals surface area contributed by atoms with Gasteiger partial charge in [-0.1, -0.05) is 12.1 Å². The third-order valence-electron chi connectivity index (χ3n) is 2.46. The molecule has 0 fully saturated rings. The molecule has 0 aliphatic heterocycles. The second kappa shape index (κ2) is 6.73. The summed E-state index contributed by atoms with van der Waals surface area (Å²) in [6.45, 7) is 6.06. The minimum absolute atomic E-state index is 0.00710. The van der Waals surface area contributed by atoms with E-state index in [1.165, 1.54) is 0 Å². The molecule has 1 rings (SSSR count). The van der Waals surface area contributed by atoms with Crippen molar-refractivity contribution in [2.75, 3.05) is 6.61 Å². The molecule has 1 aromatic carbocycles. The summed E-state index contributed by atoms with van der Waals surface area (Å²) >= 11 is 5.21. The number of thiocarbonyl (C=S) groups is 1. The number of nitrogens with one attached hydrogen (secondary N) is 2. The van der Waals surface area contributed by atoms with E-state index >= 15 is 0 Å². The molecule has 0 saturated carbocycles. The first kappa shape index (κ1) is 15.7. The van der Waals surface area contributed by atoms with Crippen LogP contribution in [0.2, 0.25) is 0 Å². The zero-order valence-electron chi connectivity index (χ0n) is 11.6. The van der Waals surface area contributed by atoms with Gasteiger partial charge in [-0.25, -0.2) is 0 Å². The number of benzene rings is 1. The van der Waals surface area contributed by atoms with Crippen LogP contribution in [0, 0.1) is 0 Å². The Bertz CT molecular complexity index is 412. The lowest BCUT2D eigenvalue weighted by Gasteiger charge is -2.26. The predicted molar refractivity (Wildman–Crippen MR) is 81.3 cm³/mol. The van der Waals surface area contributed by atoms with Crippen molar-refractivity contribution in [3.63, 3.8) is 0 Å². The third kappa shape index (κ3) is 6.40. The molecule has 1 atom stereocenters. The maximum atomic E-state index is 9.39. The molecular weight excluding hydrogens is 260 g/mol. The largest absolute Gasteiger partial charge is 0.508 e. The van der Waals surface area contributed by atoms with Crippen LogP contribution in [-0.4, -0.2) is 33.5 Å². The molecular formula is C14H22N2O2S. The normalized spacial score (nSPS) is 12.8. The lowest BCUT2D eigenvalue weighted by molar-refractivity contribution is 0.254. The van der Waals surface area contributed by atoms with Gasteiger partial charge in [0.1, 0.15) is 5.75 Å². The Kier molecular flexibility index (Phi) is 5.57. The van der Waals surface area contributed by atoms with E-state index in [1.54, 1.807) is 12.1 Å². The highest BCUT2D eigenvalue weighted by Crippen LogP contribution is 2.11. The summed E-state index contributed by atoms with van der Waals surface area (Å²) in [6, 6.07) is 6.79. The highest BCUT2D eigenvalue weighted by Gasteiger charge is 2.14. The number of aromatic hydroxyl groups is 1. The SMILES string of the molecule is CC(C)(C)NC(=S)N[C@@H](CO)Cc1ccc(O)cc1. The quantitative estimate of drug-likeness (QED) is 0.631. The smallest absolute Gasteiger partial charge is 0.167 e. The van der Waals surface area contributed by atoms with E-state index in [9.17, 15) is 10.2 Å². The number of hydrogen-bond donors (Lipinski definition) is 4. The Morgan fingerprint density at radius 3 is 2.32 bits per heavy atom. The molecule has 106 valence electrons. The van der Waals surface area contributed by atoms with Crippen molar-refractivity contribution >= 4 is 17.3 Å². The molecule has 19 heavy (non-hydrogen) atoms. The molecule has 1 aromatic rings. The first-order valence-corrected chi connectivity index (χ1v) is 6.68. The van der Waals surface area contributed by atoms with Gasteiger partial charge in [-0.2, -0.15) is 0 Å². The standard InChI is InChI=1S/C14H22N2O2S/c1-14(2,3)16-13(19)15-11(9-17)8-10-4-6-12(18)7-5-10/h4-7,11,17-18H,8-9H2,1-3H3,(H2,15,16,19)/t11-/m1/s1. The van der Waals surface area contributed by atoms with E-state index in [2.05, 4.69) is 10.6 Å². The van der Waals surface area contributed by atoms with Gasteiger partial charge in [0.15, 0.2) is 5.11 Å². The van der Waals surface area contributed by atoms with Gasteiger partial charge in [-0.3, -0.25) is 0 Å². The first-order chi connectivity index (χ1) is 8.80. The molecule has 0 unspecified atom stereocenters. The van der Waals surface area contributed by atoms with Gasteiger partial charge >= 0.3 is 0 Å². The van der Waals surface area contributed by atoms with Crippen LogP contribution in [0.25, 0.3) is 0 Å². The summed E-state index contributed by atoms with van der Waals surface area (Å²) in [5.74, 6) is 0.238.